The molecule has 0 aromatic heterocycles. The van der Waals surface area contributed by atoms with Crippen LogP contribution in [-0.2, 0) is 16.0 Å². The first kappa shape index (κ1) is 20.9. The fourth-order valence-corrected chi connectivity index (χ4v) is 2.78. The van der Waals surface area contributed by atoms with Gasteiger partial charge in [-0.05, 0) is 55.8 Å². The molecule has 0 bridgehead atoms. The summed E-state index contributed by atoms with van der Waals surface area (Å²) in [4.78, 5) is 25.6. The number of quaternary nitrogens is 1. The summed E-state index contributed by atoms with van der Waals surface area (Å²) in [6, 6.07) is 13.9. The van der Waals surface area contributed by atoms with Gasteiger partial charge in [-0.25, -0.2) is 4.79 Å². The van der Waals surface area contributed by atoms with Crippen molar-refractivity contribution in [3.8, 4) is 0 Å². The summed E-state index contributed by atoms with van der Waals surface area (Å²) in [5, 5.41) is 3.46. The van der Waals surface area contributed by atoms with Crippen molar-refractivity contribution in [3.05, 3.63) is 64.7 Å². The third-order valence-corrected chi connectivity index (χ3v) is 4.62. The summed E-state index contributed by atoms with van der Waals surface area (Å²) >= 11 is 5.84. The van der Waals surface area contributed by atoms with Crippen molar-refractivity contribution >= 4 is 29.2 Å². The van der Waals surface area contributed by atoms with Gasteiger partial charge in [-0.3, -0.25) is 4.79 Å². The molecule has 27 heavy (non-hydrogen) atoms. The molecule has 0 spiro atoms. The third kappa shape index (κ3) is 7.04. The molecule has 0 radical (unpaired) electrons. The molecule has 2 aromatic carbocycles. The molecule has 2 N–H and O–H groups in total. The Labute approximate surface area is 165 Å². The number of esters is 1. The minimum absolute atomic E-state index is 0.130. The lowest BCUT2D eigenvalue weighted by molar-refractivity contribution is -0.896. The third-order valence-electron chi connectivity index (χ3n) is 4.37. The Kier molecular flexibility index (Phi) is 8.30. The van der Waals surface area contributed by atoms with Crippen molar-refractivity contribution in [2.24, 2.45) is 0 Å². The number of likely N-dealkylation sites (N-methyl/N-ethyl adjacent to an activating group) is 1. The summed E-state index contributed by atoms with van der Waals surface area (Å²) in [7, 11) is 0. The van der Waals surface area contributed by atoms with Crippen LogP contribution in [0, 0.1) is 0 Å². The quantitative estimate of drug-likeness (QED) is 0.648. The van der Waals surface area contributed by atoms with Crippen LogP contribution in [0.25, 0.3) is 0 Å². The van der Waals surface area contributed by atoms with Gasteiger partial charge >= 0.3 is 5.97 Å². The zero-order valence-corrected chi connectivity index (χ0v) is 16.5. The molecule has 2 rings (SSSR count). The largest absolute Gasteiger partial charge is 0.456 e. The zero-order chi connectivity index (χ0) is 19.6. The van der Waals surface area contributed by atoms with Gasteiger partial charge in [0.1, 0.15) is 13.2 Å². The van der Waals surface area contributed by atoms with Crippen LogP contribution in [0.3, 0.4) is 0 Å². The summed E-state index contributed by atoms with van der Waals surface area (Å²) < 4.78 is 5.31. The normalized spacial score (nSPS) is 10.7. The van der Waals surface area contributed by atoms with Crippen molar-refractivity contribution in [3.63, 3.8) is 0 Å². The van der Waals surface area contributed by atoms with Crippen LogP contribution in [0.1, 0.15) is 29.8 Å². The number of hydrogen-bond acceptors (Lipinski definition) is 3. The monoisotopic (exact) mass is 389 g/mol. The van der Waals surface area contributed by atoms with Crippen molar-refractivity contribution in [1.29, 1.82) is 0 Å². The zero-order valence-electron chi connectivity index (χ0n) is 15.8. The molecule has 2 aromatic rings. The van der Waals surface area contributed by atoms with Crippen LogP contribution in [0.5, 0.6) is 0 Å². The Balaban J connectivity index is 1.82. The highest BCUT2D eigenvalue weighted by molar-refractivity contribution is 6.30. The summed E-state index contributed by atoms with van der Waals surface area (Å²) in [5.74, 6) is -0.476. The average Bonchev–Trinajstić information content (AvgIpc) is 2.67. The molecule has 0 saturated carbocycles. The van der Waals surface area contributed by atoms with E-state index in [1.54, 1.807) is 36.4 Å². The first-order valence-electron chi connectivity index (χ1n) is 9.16. The number of ether oxygens (including phenoxy) is 1. The number of carbonyl (C=O) groups is 2. The Bertz CT molecular complexity index is 741. The van der Waals surface area contributed by atoms with E-state index in [0.717, 1.165) is 25.2 Å². The molecule has 6 heteroatoms. The lowest BCUT2D eigenvalue weighted by Gasteiger charge is -2.15. The number of amides is 1. The number of nitrogens with one attached hydrogen (secondary N) is 2. The van der Waals surface area contributed by atoms with Gasteiger partial charge in [0.15, 0.2) is 0 Å². The second kappa shape index (κ2) is 10.7. The van der Waals surface area contributed by atoms with Gasteiger partial charge in [0.25, 0.3) is 0 Å². The number of hydrogen-bond donors (Lipinski definition) is 2. The molecule has 0 unspecified atom stereocenters. The molecule has 5 nitrogen and oxygen atoms in total. The van der Waals surface area contributed by atoms with Crippen LogP contribution in [0.2, 0.25) is 5.02 Å². The Hall–Kier alpha value is -2.37. The highest BCUT2D eigenvalue weighted by Crippen LogP contribution is 2.13. The summed E-state index contributed by atoms with van der Waals surface area (Å²) in [6.07, 6.45) is 0.259. The molecule has 0 aliphatic heterocycles. The summed E-state index contributed by atoms with van der Waals surface area (Å²) in [6.45, 7) is 7.45. The van der Waals surface area contributed by atoms with E-state index in [4.69, 9.17) is 16.3 Å². The second-order valence-corrected chi connectivity index (χ2v) is 6.71. The van der Waals surface area contributed by atoms with Crippen LogP contribution in [-0.4, -0.2) is 38.1 Å². The lowest BCUT2D eigenvalue weighted by Crippen LogP contribution is -3.11. The minimum atomic E-state index is -0.347. The first-order chi connectivity index (χ1) is 13.0. The Morgan fingerprint density at radius 3 is 2.22 bits per heavy atom. The van der Waals surface area contributed by atoms with Gasteiger partial charge in [0.2, 0.25) is 5.91 Å². The van der Waals surface area contributed by atoms with E-state index in [1.165, 1.54) is 4.90 Å². The predicted octanol–water partition coefficient (Wildman–Crippen LogP) is 2.60. The molecule has 0 aliphatic carbocycles. The molecule has 0 aliphatic rings. The predicted molar refractivity (Wildman–Crippen MR) is 107 cm³/mol. The van der Waals surface area contributed by atoms with E-state index in [-0.39, 0.29) is 18.3 Å². The van der Waals surface area contributed by atoms with E-state index in [9.17, 15) is 9.59 Å². The lowest BCUT2D eigenvalue weighted by atomic mass is 10.1. The molecule has 0 fully saturated rings. The maximum absolute atomic E-state index is 12.1. The second-order valence-electron chi connectivity index (χ2n) is 6.27. The van der Waals surface area contributed by atoms with E-state index in [2.05, 4.69) is 19.2 Å². The maximum atomic E-state index is 12.1. The van der Waals surface area contributed by atoms with Crippen LogP contribution in [0.15, 0.2) is 48.5 Å². The molecule has 0 heterocycles. The molecule has 0 atom stereocenters. The van der Waals surface area contributed by atoms with Crippen molar-refractivity contribution in [1.82, 2.24) is 0 Å². The fraction of sp³-hybridized carbons (Fsp3) is 0.333. The average molecular weight is 390 g/mol. The maximum Gasteiger partial charge on any atom is 0.338 e. The fourth-order valence-electron chi connectivity index (χ4n) is 2.66. The summed E-state index contributed by atoms with van der Waals surface area (Å²) in [5.41, 5.74) is 1.99. The van der Waals surface area contributed by atoms with Gasteiger partial charge in [0.05, 0.1) is 25.1 Å². The number of rotatable bonds is 9. The highest BCUT2D eigenvalue weighted by Gasteiger charge is 2.10. The Morgan fingerprint density at radius 1 is 1.00 bits per heavy atom. The molecule has 0 saturated heterocycles. The van der Waals surface area contributed by atoms with Gasteiger partial charge in [-0.15, -0.1) is 0 Å². The van der Waals surface area contributed by atoms with Gasteiger partial charge in [-0.2, -0.15) is 0 Å². The van der Waals surface area contributed by atoms with E-state index < -0.39 is 0 Å². The first-order valence-corrected chi connectivity index (χ1v) is 9.54. The smallest absolute Gasteiger partial charge is 0.338 e. The van der Waals surface area contributed by atoms with Crippen LogP contribution < -0.4 is 10.2 Å². The molecule has 1 amide bonds. The molecule has 144 valence electrons. The number of benzene rings is 2. The van der Waals surface area contributed by atoms with Gasteiger partial charge in [-0.1, -0.05) is 23.7 Å². The van der Waals surface area contributed by atoms with Crippen LogP contribution >= 0.6 is 11.6 Å². The standard InChI is InChI=1S/C21H25ClN2O3/c1-3-24(4-2)13-14-27-21(26)17-7-11-19(12-8-17)23-20(25)15-16-5-9-18(22)10-6-16/h5-12H,3-4,13-15H2,1-2H3,(H,23,25)/p+1. The number of carbonyl (C=O) groups excluding carboxylic acids is 2. The number of anilines is 1. The highest BCUT2D eigenvalue weighted by atomic mass is 35.5. The SMILES string of the molecule is CC[NH+](CC)CCOC(=O)c1ccc(NC(=O)Cc2ccc(Cl)cc2)cc1. The minimum Gasteiger partial charge on any atom is -0.456 e. The Morgan fingerprint density at radius 2 is 1.63 bits per heavy atom. The van der Waals surface area contributed by atoms with Gasteiger partial charge in [0, 0.05) is 10.7 Å². The molecular formula is C21H26ClN2O3+. The number of halogens is 1. The van der Waals surface area contributed by atoms with E-state index >= 15 is 0 Å². The van der Waals surface area contributed by atoms with Crippen molar-refractivity contribution < 1.29 is 19.2 Å². The topological polar surface area (TPSA) is 59.8 Å². The van der Waals surface area contributed by atoms with Gasteiger partial charge < -0.3 is 15.0 Å². The van der Waals surface area contributed by atoms with Crippen LogP contribution in [0.4, 0.5) is 5.69 Å². The van der Waals surface area contributed by atoms with Crippen molar-refractivity contribution in [2.75, 3.05) is 31.6 Å². The van der Waals surface area contributed by atoms with E-state index in [1.807, 2.05) is 12.1 Å². The van der Waals surface area contributed by atoms with Crippen molar-refractivity contribution in [2.45, 2.75) is 20.3 Å². The molecular weight excluding hydrogens is 364 g/mol. The van der Waals surface area contributed by atoms with E-state index in [0.29, 0.717) is 22.9 Å².